The molecule has 8 heteroatoms. The van der Waals surface area contributed by atoms with Crippen LogP contribution in [0.3, 0.4) is 0 Å². The Morgan fingerprint density at radius 2 is 1.70 bits per heavy atom. The van der Waals surface area contributed by atoms with Crippen molar-refractivity contribution in [2.75, 3.05) is 0 Å². The number of carbonyl (C=O) groups is 1. The van der Waals surface area contributed by atoms with Crippen LogP contribution in [0.2, 0.25) is 10.0 Å². The van der Waals surface area contributed by atoms with E-state index in [0.717, 1.165) is 0 Å². The number of alkyl halides is 1. The molecule has 0 bridgehead atoms. The lowest BCUT2D eigenvalue weighted by Gasteiger charge is -2.32. The molecule has 0 N–H and O–H groups in total. The third kappa shape index (κ3) is 2.55. The number of ether oxygens (including phenoxy) is 1. The molecule has 1 aliphatic heterocycles. The lowest BCUT2D eigenvalue weighted by Crippen LogP contribution is -2.51. The molecule has 2 aromatic rings. The summed E-state index contributed by atoms with van der Waals surface area (Å²) in [6.45, 7) is 0. The van der Waals surface area contributed by atoms with Gasteiger partial charge in [-0.15, -0.1) is 0 Å². The Kier molecular flexibility index (Phi) is 3.96. The van der Waals surface area contributed by atoms with Crippen LogP contribution in [-0.4, -0.2) is 15.7 Å². The Morgan fingerprint density at radius 3 is 2.30 bits per heavy atom. The van der Waals surface area contributed by atoms with Crippen LogP contribution in [0.1, 0.15) is 22.0 Å². The number of fused-ring (bicyclic) bond motifs is 1. The van der Waals surface area contributed by atoms with E-state index in [4.69, 9.17) is 39.5 Å². The molecule has 1 aliphatic rings. The van der Waals surface area contributed by atoms with Crippen molar-refractivity contribution in [1.29, 1.82) is 0 Å². The van der Waals surface area contributed by atoms with Crippen molar-refractivity contribution in [3.63, 3.8) is 0 Å². The molecule has 2 unspecified atom stereocenters. The maximum Gasteiger partial charge on any atom is 0.397 e. The van der Waals surface area contributed by atoms with Gasteiger partial charge < -0.3 is 4.74 Å². The smallest absolute Gasteiger partial charge is 0.397 e. The van der Waals surface area contributed by atoms with Crippen molar-refractivity contribution in [3.05, 3.63) is 73.8 Å². The number of nitro groups is 1. The van der Waals surface area contributed by atoms with Crippen molar-refractivity contribution < 1.29 is 14.5 Å². The van der Waals surface area contributed by atoms with E-state index in [0.29, 0.717) is 10.6 Å². The Morgan fingerprint density at radius 1 is 1.09 bits per heavy atom. The van der Waals surface area contributed by atoms with Gasteiger partial charge in [0.1, 0.15) is 5.75 Å². The molecule has 23 heavy (non-hydrogen) atoms. The van der Waals surface area contributed by atoms with Crippen LogP contribution in [0.15, 0.2) is 42.5 Å². The summed E-state index contributed by atoms with van der Waals surface area (Å²) in [5.41, 5.74) is 0.351. The van der Waals surface area contributed by atoms with Crippen molar-refractivity contribution in [3.8, 4) is 5.75 Å². The minimum atomic E-state index is -2.48. The molecule has 0 saturated carbocycles. The van der Waals surface area contributed by atoms with E-state index in [-0.39, 0.29) is 16.3 Å². The van der Waals surface area contributed by atoms with Gasteiger partial charge in [0.2, 0.25) is 6.10 Å². The van der Waals surface area contributed by atoms with Crippen LogP contribution in [0.5, 0.6) is 5.75 Å². The lowest BCUT2D eigenvalue weighted by atomic mass is 9.91. The topological polar surface area (TPSA) is 69.4 Å². The van der Waals surface area contributed by atoms with Crippen LogP contribution in [0, 0.1) is 10.1 Å². The van der Waals surface area contributed by atoms with Gasteiger partial charge in [-0.3, -0.25) is 14.9 Å². The van der Waals surface area contributed by atoms with Gasteiger partial charge in [0, 0.05) is 15.6 Å². The fourth-order valence-electron chi connectivity index (χ4n) is 2.40. The third-order valence-electron chi connectivity index (χ3n) is 3.54. The third-order valence-corrected chi connectivity index (χ3v) is 4.53. The number of nitrogens with zero attached hydrogens (tertiary/aromatic N) is 1. The first-order valence-electron chi connectivity index (χ1n) is 6.44. The van der Waals surface area contributed by atoms with E-state index in [2.05, 4.69) is 0 Å². The summed E-state index contributed by atoms with van der Waals surface area (Å²) < 4.78 is 5.66. The molecule has 1 heterocycles. The number of Topliss-reactive ketones (excluding diaryl/α,β-unsaturated/α-hetero) is 1. The van der Waals surface area contributed by atoms with E-state index >= 15 is 0 Å². The first-order chi connectivity index (χ1) is 10.8. The normalized spacial score (nSPS) is 23.1. The molecule has 0 saturated heterocycles. The second-order valence-corrected chi connectivity index (χ2v) is 6.40. The van der Waals surface area contributed by atoms with Crippen LogP contribution >= 0.6 is 34.8 Å². The second kappa shape index (κ2) is 5.67. The van der Waals surface area contributed by atoms with Gasteiger partial charge in [0.25, 0.3) is 5.78 Å². The highest BCUT2D eigenvalue weighted by molar-refractivity contribution is 6.38. The SMILES string of the molecule is O=C1c2cc(Cl)ccc2OC(c2ccc(Cl)cc2)C1(Cl)[N+](=O)[O-]. The Bertz CT molecular complexity index is 809. The summed E-state index contributed by atoms with van der Waals surface area (Å²) >= 11 is 17.8. The van der Waals surface area contributed by atoms with E-state index in [1.807, 2.05) is 0 Å². The molecule has 0 fully saturated rings. The number of rotatable bonds is 2. The first kappa shape index (κ1) is 16.1. The number of hydrogen-bond donors (Lipinski definition) is 0. The summed E-state index contributed by atoms with van der Waals surface area (Å²) in [4.78, 5) is 20.9. The molecule has 0 spiro atoms. The van der Waals surface area contributed by atoms with Crippen LogP contribution in [0.4, 0.5) is 0 Å². The number of benzene rings is 2. The van der Waals surface area contributed by atoms with Crippen LogP contribution in [0.25, 0.3) is 0 Å². The second-order valence-electron chi connectivity index (χ2n) is 4.95. The monoisotopic (exact) mass is 371 g/mol. The van der Waals surface area contributed by atoms with Gasteiger partial charge in [-0.1, -0.05) is 35.3 Å². The van der Waals surface area contributed by atoms with Gasteiger partial charge in [-0.25, -0.2) is 0 Å². The average Bonchev–Trinajstić information content (AvgIpc) is 2.52. The molecule has 2 aromatic carbocycles. The van der Waals surface area contributed by atoms with Crippen molar-refractivity contribution in [2.45, 2.75) is 11.1 Å². The van der Waals surface area contributed by atoms with E-state index in [1.165, 1.54) is 30.3 Å². The average molecular weight is 373 g/mol. The van der Waals surface area contributed by atoms with Gasteiger partial charge in [0.05, 0.1) is 10.5 Å². The minimum Gasteiger partial charge on any atom is -0.475 e. The van der Waals surface area contributed by atoms with Gasteiger partial charge in [-0.2, -0.15) is 0 Å². The van der Waals surface area contributed by atoms with E-state index in [9.17, 15) is 14.9 Å². The van der Waals surface area contributed by atoms with Crippen LogP contribution in [-0.2, 0) is 0 Å². The molecule has 0 aliphatic carbocycles. The maximum atomic E-state index is 12.6. The fraction of sp³-hybridized carbons (Fsp3) is 0.133. The minimum absolute atomic E-state index is 0.0191. The Balaban J connectivity index is 2.18. The predicted octanol–water partition coefficient (Wildman–Crippen LogP) is 4.52. The van der Waals surface area contributed by atoms with E-state index < -0.39 is 21.8 Å². The summed E-state index contributed by atoms with van der Waals surface area (Å²) in [6.07, 6.45) is -1.29. The summed E-state index contributed by atoms with van der Waals surface area (Å²) in [5.74, 6) is -0.676. The van der Waals surface area contributed by atoms with Gasteiger partial charge in [0.15, 0.2) is 0 Å². The molecule has 5 nitrogen and oxygen atoms in total. The molecule has 0 radical (unpaired) electrons. The molecule has 0 amide bonds. The van der Waals surface area contributed by atoms with Crippen molar-refractivity contribution >= 4 is 40.6 Å². The predicted molar refractivity (Wildman–Crippen MR) is 86.2 cm³/mol. The highest BCUT2D eigenvalue weighted by atomic mass is 35.5. The number of hydrogen-bond acceptors (Lipinski definition) is 4. The van der Waals surface area contributed by atoms with Crippen LogP contribution < -0.4 is 4.74 Å². The van der Waals surface area contributed by atoms with Gasteiger partial charge in [-0.05, 0) is 41.9 Å². The molecule has 118 valence electrons. The summed E-state index contributed by atoms with van der Waals surface area (Å²) in [5, 5.41) is 12.3. The molecular formula is C15H8Cl3NO4. The largest absolute Gasteiger partial charge is 0.475 e. The maximum absolute atomic E-state index is 12.6. The van der Waals surface area contributed by atoms with Gasteiger partial charge >= 0.3 is 5.00 Å². The molecule has 0 aromatic heterocycles. The van der Waals surface area contributed by atoms with Crippen molar-refractivity contribution in [1.82, 2.24) is 0 Å². The lowest BCUT2D eigenvalue weighted by molar-refractivity contribution is -0.536. The highest BCUT2D eigenvalue weighted by Gasteiger charge is 2.62. The van der Waals surface area contributed by atoms with Crippen molar-refractivity contribution in [2.24, 2.45) is 0 Å². The molecular weight excluding hydrogens is 365 g/mol. The summed E-state index contributed by atoms with van der Waals surface area (Å²) in [6, 6.07) is 10.5. The first-order valence-corrected chi connectivity index (χ1v) is 7.57. The Labute approximate surface area is 145 Å². The number of ketones is 1. The standard InChI is InChI=1S/C15H8Cl3NO4/c16-9-3-1-8(2-4-9)14-15(18,19(21)22)13(20)11-7-10(17)5-6-12(11)23-14/h1-7,14H. The molecule has 2 atom stereocenters. The number of carbonyl (C=O) groups excluding carboxylic acids is 1. The zero-order chi connectivity index (χ0) is 16.8. The Hall–Kier alpha value is -1.82. The highest BCUT2D eigenvalue weighted by Crippen LogP contribution is 2.46. The quantitative estimate of drug-likeness (QED) is 0.336. The number of halogens is 3. The zero-order valence-electron chi connectivity index (χ0n) is 11.3. The van der Waals surface area contributed by atoms with E-state index in [1.54, 1.807) is 12.1 Å². The molecule has 3 rings (SSSR count). The zero-order valence-corrected chi connectivity index (χ0v) is 13.6. The fourth-order valence-corrected chi connectivity index (χ4v) is 2.97. The summed E-state index contributed by atoms with van der Waals surface area (Å²) in [7, 11) is 0.